The molecule has 0 aromatic heterocycles. The normalized spacial score (nSPS) is 24.2. The van der Waals surface area contributed by atoms with E-state index in [0.29, 0.717) is 82.9 Å². The first kappa shape index (κ1) is 113. The van der Waals surface area contributed by atoms with Crippen LogP contribution in [0.5, 0.6) is 23.0 Å². The molecule has 20 atom stereocenters. The molecule has 149 heavy (non-hydrogen) atoms. The average molecular weight is 2010 g/mol. The number of hydrogen-bond acceptors (Lipinski definition) is 10. The lowest BCUT2D eigenvalue weighted by atomic mass is 9.78. The highest BCUT2D eigenvalue weighted by atomic mass is 16.7. The van der Waals surface area contributed by atoms with Crippen molar-refractivity contribution >= 4 is 55.0 Å². The lowest BCUT2D eigenvalue weighted by Gasteiger charge is -2.39. The molecule has 10 aliphatic carbocycles. The Kier molecular flexibility index (Phi) is 38.6. The Balaban J connectivity index is 0.000000130. The molecule has 12 aromatic rings. The zero-order valence-corrected chi connectivity index (χ0v) is 94.8. The molecule has 20 unspecified atom stereocenters. The van der Waals surface area contributed by atoms with Crippen LogP contribution in [0.4, 0.5) is 0 Å². The Morgan fingerprint density at radius 2 is 0.611 bits per heavy atom. The Morgan fingerprint density at radius 3 is 0.913 bits per heavy atom. The fourth-order valence-electron chi connectivity index (χ4n) is 26.1. The number of phenolic OH excluding ortho intramolecular Hbond substituents is 2. The minimum atomic E-state index is -0.453. The third kappa shape index (κ3) is 26.6. The molecular formula is C139H182O10. The number of esters is 2. The van der Waals surface area contributed by atoms with Crippen molar-refractivity contribution in [2.75, 3.05) is 0 Å². The number of aromatic hydroxyl groups is 2. The maximum absolute atomic E-state index is 12.8. The third-order valence-electron chi connectivity index (χ3n) is 37.7. The van der Waals surface area contributed by atoms with Crippen molar-refractivity contribution in [2.24, 2.45) is 70.0 Å². The second-order valence-corrected chi connectivity index (χ2v) is 48.5. The highest BCUT2D eigenvalue weighted by Crippen LogP contribution is 2.62. The van der Waals surface area contributed by atoms with Crippen molar-refractivity contribution in [3.8, 4) is 23.0 Å². The topological polar surface area (TPSA) is 130 Å². The zero-order valence-electron chi connectivity index (χ0n) is 94.8. The molecule has 2 N–H and O–H groups in total. The summed E-state index contributed by atoms with van der Waals surface area (Å²) in [5, 5.41) is 28.7. The van der Waals surface area contributed by atoms with E-state index in [-0.39, 0.29) is 24.5 Å². The van der Waals surface area contributed by atoms with Crippen LogP contribution in [0.1, 0.15) is 416 Å². The first-order valence-corrected chi connectivity index (χ1v) is 58.5. The van der Waals surface area contributed by atoms with E-state index in [9.17, 15) is 9.59 Å². The molecule has 0 aliphatic heterocycles. The predicted molar refractivity (Wildman–Crippen MR) is 621 cm³/mol. The number of carbonyl (C=O) groups is 2. The number of ether oxygens (including phenoxy) is 6. The molecule has 0 heterocycles. The molecule has 10 heteroatoms. The number of fused-ring (bicyclic) bond motifs is 12. The van der Waals surface area contributed by atoms with Crippen LogP contribution in [0.25, 0.3) is 43.1 Å². The molecule has 10 aliphatic rings. The number of phenols is 2. The fourth-order valence-corrected chi connectivity index (χ4v) is 26.1. The van der Waals surface area contributed by atoms with Crippen LogP contribution in [-0.2, 0) is 39.7 Å². The number of rotatable bonds is 26. The maximum atomic E-state index is 12.8. The largest absolute Gasteiger partial charge is 0.508 e. The molecule has 8 fully saturated rings. The smallest absolute Gasteiger partial charge is 0.312 e. The standard InChI is InChI=1S/2C24H36O2.C22H28O2.C21H26O2.2C14H14.2C10H14O/c2*1-5-16(4)17-9-11-19(12-10-17)25-24(15(2)3)26-23-14-18-13-22(23)21-8-6-7-20(18)21;1-4-21(2,3)20(23)24-22(14-8-5-9-15-22)19-13-12-17-10-6-7-11-18(17)16-19;1-4-20(2,3)19(22)23-21(13-7-8-14-21)18-12-11-16-9-5-6-10-17(16)15-18;2*1-9-10(2)13-8-4-6-11-5-3-7-12(9)14(11)13;2*1-3-8(2)9-4-6-10(11)7-5-9/h2*9-12,15-16,18,20-24H,5-8,13-14H2,1-4H3;6-7,10-13,16H,4-5,8-9,14-15H2,1-3H3;5-6,9-12,15H,4,7-8,13-14H2,1-3H3;2*3-10H,1-2H3;2*4-8,11H,3H2,1-2H3. The highest BCUT2D eigenvalue weighted by Gasteiger charge is 2.57. The summed E-state index contributed by atoms with van der Waals surface area (Å²) >= 11 is 0. The van der Waals surface area contributed by atoms with Crippen molar-refractivity contribution in [2.45, 2.75) is 396 Å². The van der Waals surface area contributed by atoms with E-state index in [1.165, 1.54) is 171 Å². The van der Waals surface area contributed by atoms with Crippen LogP contribution in [-0.4, -0.2) is 46.9 Å². The van der Waals surface area contributed by atoms with E-state index in [0.717, 1.165) is 147 Å². The van der Waals surface area contributed by atoms with Gasteiger partial charge in [0, 0.05) is 11.8 Å². The van der Waals surface area contributed by atoms with Crippen LogP contribution in [0.3, 0.4) is 0 Å². The quantitative estimate of drug-likeness (QED) is 0.0399. The van der Waals surface area contributed by atoms with Gasteiger partial charge in [-0.05, 0) is 423 Å². The average Bonchev–Trinajstić information content (AvgIpc) is 1.67. The maximum Gasteiger partial charge on any atom is 0.312 e. The summed E-state index contributed by atoms with van der Waals surface area (Å²) in [6, 6.07) is 88.6. The molecule has 22 rings (SSSR count). The van der Waals surface area contributed by atoms with Gasteiger partial charge in [-0.25, -0.2) is 0 Å². The van der Waals surface area contributed by atoms with Gasteiger partial charge in [0.1, 0.15) is 34.2 Å². The summed E-state index contributed by atoms with van der Waals surface area (Å²) in [6.07, 6.45) is 30.3. The van der Waals surface area contributed by atoms with Gasteiger partial charge in [0.2, 0.25) is 12.6 Å². The van der Waals surface area contributed by atoms with Crippen LogP contribution >= 0.6 is 0 Å². The van der Waals surface area contributed by atoms with Crippen molar-refractivity contribution < 1.29 is 48.2 Å². The Morgan fingerprint density at radius 1 is 0.322 bits per heavy atom. The van der Waals surface area contributed by atoms with Gasteiger partial charge in [0.05, 0.1) is 23.0 Å². The van der Waals surface area contributed by atoms with E-state index in [2.05, 4.69) is 317 Å². The summed E-state index contributed by atoms with van der Waals surface area (Å²) in [4.78, 5) is 25.5. The van der Waals surface area contributed by atoms with Gasteiger partial charge in [-0.3, -0.25) is 9.59 Å². The summed E-state index contributed by atoms with van der Waals surface area (Å²) in [7, 11) is 0. The Labute approximate surface area is 897 Å². The minimum absolute atomic E-state index is 0.0694. The van der Waals surface area contributed by atoms with E-state index >= 15 is 0 Å². The van der Waals surface area contributed by atoms with Gasteiger partial charge in [-0.15, -0.1) is 0 Å². The summed E-state index contributed by atoms with van der Waals surface area (Å²) in [5.41, 5.74) is 12.1. The molecule has 798 valence electrons. The van der Waals surface area contributed by atoms with Crippen LogP contribution in [0.15, 0.2) is 255 Å². The van der Waals surface area contributed by atoms with Crippen LogP contribution in [0.2, 0.25) is 0 Å². The van der Waals surface area contributed by atoms with Crippen molar-refractivity contribution in [3.05, 3.63) is 310 Å². The predicted octanol–water partition coefficient (Wildman–Crippen LogP) is 38.3. The van der Waals surface area contributed by atoms with E-state index in [4.69, 9.17) is 38.6 Å². The summed E-state index contributed by atoms with van der Waals surface area (Å²) in [6.45, 7) is 47.9. The van der Waals surface area contributed by atoms with E-state index in [1.54, 1.807) is 24.3 Å². The Bertz CT molecular complexity index is 5930. The molecule has 0 saturated heterocycles. The van der Waals surface area contributed by atoms with Crippen molar-refractivity contribution in [3.63, 3.8) is 0 Å². The van der Waals surface area contributed by atoms with Gasteiger partial charge in [0.15, 0.2) is 0 Å². The number of hydrogen-bond donors (Lipinski definition) is 2. The van der Waals surface area contributed by atoms with E-state index in [1.807, 2.05) is 65.8 Å². The minimum Gasteiger partial charge on any atom is -0.508 e. The van der Waals surface area contributed by atoms with Crippen molar-refractivity contribution in [1.29, 1.82) is 0 Å². The SMILES string of the molecule is CC1c2cccc3cccc(c23)C1C.CC1c2cccc3cccc(c23)C1C.CCC(C)(C)C(=O)OC1(c2ccc3ccccc3c2)CCCC1.CCC(C)(C)C(=O)OC1(c2ccc3ccccc3c2)CCCCC1.CCC(C)c1ccc(O)cc1.CCC(C)c1ccc(O)cc1.CCC(C)c1ccc(OC(OC2CC3CC2C2CCCC32)C(C)C)cc1.CCC(C)c1ccc(OC(OC2CC3CC2C2CCCC32)C(C)C)cc1. The summed E-state index contributed by atoms with van der Waals surface area (Å²) < 4.78 is 38.2. The van der Waals surface area contributed by atoms with Gasteiger partial charge in [0.25, 0.3) is 0 Å². The van der Waals surface area contributed by atoms with Gasteiger partial charge in [-0.1, -0.05) is 338 Å². The molecular weight excluding hydrogens is 1830 g/mol. The molecule has 0 radical (unpaired) electrons. The molecule has 12 aromatic carbocycles. The fraction of sp³-hybridized carbons (Fsp3) is 0.525. The van der Waals surface area contributed by atoms with Crippen molar-refractivity contribution in [1.82, 2.24) is 0 Å². The first-order valence-electron chi connectivity index (χ1n) is 58.5. The first-order chi connectivity index (χ1) is 71.6. The Hall–Kier alpha value is -10.3. The molecule has 10 nitrogen and oxygen atoms in total. The molecule has 8 saturated carbocycles. The molecule has 4 bridgehead atoms. The second kappa shape index (κ2) is 51.0. The number of carbonyl (C=O) groups excluding carboxylic acids is 2. The lowest BCUT2D eigenvalue weighted by molar-refractivity contribution is -0.176. The monoisotopic (exact) mass is 2010 g/mol. The highest BCUT2D eigenvalue weighted by molar-refractivity contribution is 5.93. The van der Waals surface area contributed by atoms with Gasteiger partial charge < -0.3 is 38.6 Å². The van der Waals surface area contributed by atoms with Gasteiger partial charge >= 0.3 is 11.9 Å². The molecule has 0 amide bonds. The van der Waals surface area contributed by atoms with Crippen LogP contribution < -0.4 is 9.47 Å². The lowest BCUT2D eigenvalue weighted by Crippen LogP contribution is -2.39. The van der Waals surface area contributed by atoms with Gasteiger partial charge in [-0.2, -0.15) is 0 Å². The third-order valence-corrected chi connectivity index (χ3v) is 37.7. The second-order valence-electron chi connectivity index (χ2n) is 48.5. The number of benzene rings is 12. The van der Waals surface area contributed by atoms with E-state index < -0.39 is 22.0 Å². The zero-order chi connectivity index (χ0) is 106. The molecule has 0 spiro atoms. The summed E-state index contributed by atoms with van der Waals surface area (Å²) in [5.74, 6) is 15.6. The van der Waals surface area contributed by atoms with Crippen LogP contribution in [0, 0.1) is 70.0 Å².